The van der Waals surface area contributed by atoms with Gasteiger partial charge in [0.2, 0.25) is 17.7 Å². The molecule has 1 fully saturated rings. The van der Waals surface area contributed by atoms with E-state index in [2.05, 4.69) is 5.32 Å². The monoisotopic (exact) mass is 388 g/mol. The number of carbonyl (C=O) groups is 3. The van der Waals surface area contributed by atoms with Gasteiger partial charge in [0.15, 0.2) is 0 Å². The average Bonchev–Trinajstić information content (AvgIpc) is 2.89. The van der Waals surface area contributed by atoms with Crippen molar-refractivity contribution in [3.8, 4) is 0 Å². The summed E-state index contributed by atoms with van der Waals surface area (Å²) >= 11 is 0. The topological polar surface area (TPSA) is 103 Å². The summed E-state index contributed by atoms with van der Waals surface area (Å²) in [7, 11) is 0. The first-order valence-corrected chi connectivity index (χ1v) is 9.48. The molecule has 9 heteroatoms. The van der Waals surface area contributed by atoms with Crippen LogP contribution in [0.2, 0.25) is 0 Å². The summed E-state index contributed by atoms with van der Waals surface area (Å²) in [4.78, 5) is 36.3. The Morgan fingerprint density at radius 3 is 2.07 bits per heavy atom. The van der Waals surface area contributed by atoms with Crippen molar-refractivity contribution >= 4 is 17.7 Å². The van der Waals surface area contributed by atoms with E-state index in [1.807, 2.05) is 6.92 Å². The lowest BCUT2D eigenvalue weighted by molar-refractivity contribution is -0.139. The Morgan fingerprint density at radius 2 is 1.56 bits per heavy atom. The number of hydrogen-bond acceptors (Lipinski definition) is 7. The zero-order valence-corrected chi connectivity index (χ0v) is 16.4. The summed E-state index contributed by atoms with van der Waals surface area (Å²) < 4.78 is 21.1. The smallest absolute Gasteiger partial charge is 0.232 e. The Morgan fingerprint density at radius 1 is 1.00 bits per heavy atom. The molecule has 0 aromatic heterocycles. The van der Waals surface area contributed by atoms with E-state index in [-0.39, 0.29) is 43.0 Å². The molecule has 156 valence electrons. The van der Waals surface area contributed by atoms with Crippen molar-refractivity contribution in [1.82, 2.24) is 10.2 Å². The van der Waals surface area contributed by atoms with Crippen LogP contribution in [0.3, 0.4) is 0 Å². The Hall–Kier alpha value is -1.55. The molecular weight excluding hydrogens is 356 g/mol. The molecule has 3 amide bonds. The zero-order valence-electron chi connectivity index (χ0n) is 16.4. The molecule has 1 aliphatic heterocycles. The molecule has 1 unspecified atom stereocenters. The zero-order chi connectivity index (χ0) is 19.9. The summed E-state index contributed by atoms with van der Waals surface area (Å²) in [6.45, 7) is 8.29. The molecular formula is C18H32N2O7. The highest BCUT2D eigenvalue weighted by Crippen LogP contribution is 2.18. The van der Waals surface area contributed by atoms with Crippen LogP contribution in [0.15, 0.2) is 0 Å². The Bertz CT molecular complexity index is 459. The first-order chi connectivity index (χ1) is 13.1. The second-order valence-electron chi connectivity index (χ2n) is 6.12. The van der Waals surface area contributed by atoms with Crippen LogP contribution in [0.4, 0.5) is 0 Å². The molecule has 9 nitrogen and oxygen atoms in total. The molecule has 1 atom stereocenters. The summed E-state index contributed by atoms with van der Waals surface area (Å²) in [6.07, 6.45) is 0.340. The van der Waals surface area contributed by atoms with E-state index in [1.54, 1.807) is 6.92 Å². The number of ether oxygens (including phenoxy) is 4. The molecule has 0 aliphatic carbocycles. The number of nitrogens with one attached hydrogen (secondary N) is 1. The minimum atomic E-state index is -0.280. The summed E-state index contributed by atoms with van der Waals surface area (Å²) in [5.74, 6) is -0.892. The van der Waals surface area contributed by atoms with Crippen molar-refractivity contribution < 1.29 is 33.3 Å². The SMILES string of the molecule is CCOCCOCCOCCOCCNC(=O)CCN1C(=O)CC(C)C1=O. The van der Waals surface area contributed by atoms with Crippen molar-refractivity contribution in [2.75, 3.05) is 65.9 Å². The molecule has 0 aromatic rings. The van der Waals surface area contributed by atoms with E-state index >= 15 is 0 Å². The molecule has 0 bridgehead atoms. The lowest BCUT2D eigenvalue weighted by atomic mass is 10.1. The van der Waals surface area contributed by atoms with Crippen molar-refractivity contribution in [2.45, 2.75) is 26.7 Å². The third kappa shape index (κ3) is 10.4. The average molecular weight is 388 g/mol. The van der Waals surface area contributed by atoms with Gasteiger partial charge in [-0.15, -0.1) is 0 Å². The molecule has 0 aromatic carbocycles. The second-order valence-corrected chi connectivity index (χ2v) is 6.12. The van der Waals surface area contributed by atoms with Gasteiger partial charge in [0.1, 0.15) is 0 Å². The summed E-state index contributed by atoms with van der Waals surface area (Å²) in [5, 5.41) is 2.70. The number of nitrogens with zero attached hydrogens (tertiary/aromatic N) is 1. The molecule has 1 heterocycles. The van der Waals surface area contributed by atoms with Crippen LogP contribution in [-0.4, -0.2) is 88.6 Å². The van der Waals surface area contributed by atoms with Crippen LogP contribution < -0.4 is 5.32 Å². The molecule has 1 N–H and O–H groups in total. The van der Waals surface area contributed by atoms with Gasteiger partial charge in [-0.05, 0) is 6.92 Å². The first-order valence-electron chi connectivity index (χ1n) is 9.48. The minimum absolute atomic E-state index is 0.108. The van der Waals surface area contributed by atoms with Crippen LogP contribution in [0.1, 0.15) is 26.7 Å². The van der Waals surface area contributed by atoms with Gasteiger partial charge in [0.05, 0.1) is 46.2 Å². The molecule has 1 aliphatic rings. The van der Waals surface area contributed by atoms with Crippen LogP contribution in [-0.2, 0) is 33.3 Å². The molecule has 0 spiro atoms. The number of rotatable bonds is 16. The van der Waals surface area contributed by atoms with E-state index in [0.717, 1.165) is 0 Å². The lowest BCUT2D eigenvalue weighted by Crippen LogP contribution is -2.35. The third-order valence-corrected chi connectivity index (χ3v) is 3.92. The third-order valence-electron chi connectivity index (χ3n) is 3.92. The minimum Gasteiger partial charge on any atom is -0.379 e. The predicted octanol–water partition coefficient (Wildman–Crippen LogP) is -0.0260. The van der Waals surface area contributed by atoms with Crippen LogP contribution >= 0.6 is 0 Å². The Kier molecular flexibility index (Phi) is 12.6. The standard InChI is InChI=1S/C18H32N2O7/c1-3-24-8-9-26-12-13-27-11-10-25-7-5-19-16(21)4-6-20-17(22)14-15(2)18(20)23/h15H,3-14H2,1-2H3,(H,19,21). The number of likely N-dealkylation sites (tertiary alicyclic amines) is 1. The van der Waals surface area contributed by atoms with E-state index < -0.39 is 0 Å². The number of hydrogen-bond donors (Lipinski definition) is 1. The fourth-order valence-electron chi connectivity index (χ4n) is 2.45. The maximum atomic E-state index is 11.7. The highest BCUT2D eigenvalue weighted by molar-refractivity contribution is 6.03. The molecule has 1 rings (SSSR count). The maximum Gasteiger partial charge on any atom is 0.232 e. The number of amides is 3. The van der Waals surface area contributed by atoms with Crippen LogP contribution in [0, 0.1) is 5.92 Å². The van der Waals surface area contributed by atoms with Gasteiger partial charge < -0.3 is 24.3 Å². The van der Waals surface area contributed by atoms with Crippen molar-refractivity contribution in [2.24, 2.45) is 5.92 Å². The van der Waals surface area contributed by atoms with Crippen molar-refractivity contribution in [1.29, 1.82) is 0 Å². The van der Waals surface area contributed by atoms with Gasteiger partial charge in [0, 0.05) is 38.5 Å². The fourth-order valence-corrected chi connectivity index (χ4v) is 2.45. The van der Waals surface area contributed by atoms with Gasteiger partial charge in [-0.2, -0.15) is 0 Å². The lowest BCUT2D eigenvalue weighted by Gasteiger charge is -2.14. The van der Waals surface area contributed by atoms with Gasteiger partial charge in [-0.25, -0.2) is 0 Å². The van der Waals surface area contributed by atoms with Crippen LogP contribution in [0.5, 0.6) is 0 Å². The van der Waals surface area contributed by atoms with Gasteiger partial charge >= 0.3 is 0 Å². The number of carbonyl (C=O) groups excluding carboxylic acids is 3. The van der Waals surface area contributed by atoms with Gasteiger partial charge in [-0.1, -0.05) is 6.92 Å². The largest absolute Gasteiger partial charge is 0.379 e. The quantitative estimate of drug-likeness (QED) is 0.293. The molecule has 27 heavy (non-hydrogen) atoms. The normalized spacial score (nSPS) is 17.0. The van der Waals surface area contributed by atoms with E-state index in [1.165, 1.54) is 4.90 Å². The van der Waals surface area contributed by atoms with Gasteiger partial charge in [0.25, 0.3) is 0 Å². The second kappa shape index (κ2) is 14.5. The summed E-state index contributed by atoms with van der Waals surface area (Å²) in [5.41, 5.74) is 0. The summed E-state index contributed by atoms with van der Waals surface area (Å²) in [6, 6.07) is 0. The highest BCUT2D eigenvalue weighted by atomic mass is 16.6. The number of imide groups is 1. The highest BCUT2D eigenvalue weighted by Gasteiger charge is 2.35. The predicted molar refractivity (Wildman–Crippen MR) is 97.1 cm³/mol. The van der Waals surface area contributed by atoms with E-state index in [0.29, 0.717) is 59.4 Å². The molecule has 0 radical (unpaired) electrons. The van der Waals surface area contributed by atoms with Gasteiger partial charge in [-0.3, -0.25) is 19.3 Å². The van der Waals surface area contributed by atoms with Crippen molar-refractivity contribution in [3.63, 3.8) is 0 Å². The first kappa shape index (κ1) is 23.5. The van der Waals surface area contributed by atoms with E-state index in [4.69, 9.17) is 18.9 Å². The maximum absolute atomic E-state index is 11.7. The van der Waals surface area contributed by atoms with Crippen LogP contribution in [0.25, 0.3) is 0 Å². The Labute approximate surface area is 160 Å². The molecule has 0 saturated carbocycles. The van der Waals surface area contributed by atoms with E-state index in [9.17, 15) is 14.4 Å². The molecule has 1 saturated heterocycles. The van der Waals surface area contributed by atoms with Crippen molar-refractivity contribution in [3.05, 3.63) is 0 Å². The fraction of sp³-hybridized carbons (Fsp3) is 0.833. The Balaban J connectivity index is 1.87.